The summed E-state index contributed by atoms with van der Waals surface area (Å²) < 4.78 is 5.68. The van der Waals surface area contributed by atoms with Crippen molar-refractivity contribution in [3.8, 4) is 6.07 Å². The van der Waals surface area contributed by atoms with Gasteiger partial charge in [-0.05, 0) is 31.0 Å². The van der Waals surface area contributed by atoms with Crippen LogP contribution in [0.3, 0.4) is 0 Å². The highest BCUT2D eigenvalue weighted by Gasteiger charge is 2.42. The number of likely N-dealkylation sites (tertiary alicyclic amines) is 1. The molecule has 0 radical (unpaired) electrons. The number of nitrogens with zero attached hydrogens (tertiary/aromatic N) is 3. The van der Waals surface area contributed by atoms with Gasteiger partial charge >= 0.3 is 5.97 Å². The Labute approximate surface area is 163 Å². The third-order valence-electron chi connectivity index (χ3n) is 5.15. The largest absolute Gasteiger partial charge is 0.456 e. The molecule has 0 bridgehead atoms. The molecule has 2 aromatic carbocycles. The number of nitriles is 1. The molecule has 0 aliphatic carbocycles. The molecule has 0 aromatic heterocycles. The number of ether oxygens (including phenoxy) is 1. The number of non-ortho nitro benzene ring substituents is 1. The van der Waals surface area contributed by atoms with Crippen LogP contribution in [0.15, 0.2) is 54.6 Å². The summed E-state index contributed by atoms with van der Waals surface area (Å²) in [4.78, 5) is 24.9. The molecule has 0 unspecified atom stereocenters. The van der Waals surface area contributed by atoms with Gasteiger partial charge in [0.05, 0.1) is 22.0 Å². The van der Waals surface area contributed by atoms with E-state index in [1.54, 1.807) is 6.92 Å². The van der Waals surface area contributed by atoms with Crippen LogP contribution < -0.4 is 0 Å². The monoisotopic (exact) mass is 379 g/mol. The molecule has 0 spiro atoms. The van der Waals surface area contributed by atoms with Gasteiger partial charge in [0.15, 0.2) is 0 Å². The van der Waals surface area contributed by atoms with E-state index in [9.17, 15) is 20.2 Å². The van der Waals surface area contributed by atoms with Crippen molar-refractivity contribution in [2.24, 2.45) is 5.41 Å². The van der Waals surface area contributed by atoms with Gasteiger partial charge in [-0.3, -0.25) is 15.0 Å². The van der Waals surface area contributed by atoms with E-state index in [4.69, 9.17) is 4.74 Å². The first-order chi connectivity index (χ1) is 13.4. The van der Waals surface area contributed by atoms with Crippen LogP contribution in [0, 0.1) is 26.9 Å². The minimum atomic E-state index is -0.774. The van der Waals surface area contributed by atoms with Crippen molar-refractivity contribution in [3.63, 3.8) is 0 Å². The first-order valence-electron chi connectivity index (χ1n) is 9.04. The van der Waals surface area contributed by atoms with Gasteiger partial charge in [0.1, 0.15) is 6.10 Å². The molecule has 1 aliphatic rings. The van der Waals surface area contributed by atoms with Crippen LogP contribution in [-0.2, 0) is 11.3 Å². The van der Waals surface area contributed by atoms with Gasteiger partial charge in [0, 0.05) is 31.8 Å². The highest BCUT2D eigenvalue weighted by atomic mass is 16.6. The average molecular weight is 379 g/mol. The maximum absolute atomic E-state index is 12.5. The summed E-state index contributed by atoms with van der Waals surface area (Å²) in [7, 11) is 0. The van der Waals surface area contributed by atoms with Gasteiger partial charge in [-0.1, -0.05) is 30.3 Å². The molecular weight excluding hydrogens is 358 g/mol. The quantitative estimate of drug-likeness (QED) is 0.448. The Morgan fingerprint density at radius 3 is 2.57 bits per heavy atom. The smallest absolute Gasteiger partial charge is 0.338 e. The van der Waals surface area contributed by atoms with Crippen LogP contribution in [0.1, 0.15) is 29.3 Å². The number of hydrogen-bond acceptors (Lipinski definition) is 6. The van der Waals surface area contributed by atoms with E-state index in [0.717, 1.165) is 12.1 Å². The summed E-state index contributed by atoms with van der Waals surface area (Å²) in [5.74, 6) is -0.581. The van der Waals surface area contributed by atoms with Crippen LogP contribution in [0.5, 0.6) is 0 Å². The molecule has 1 saturated heterocycles. The Morgan fingerprint density at radius 2 is 1.96 bits per heavy atom. The summed E-state index contributed by atoms with van der Waals surface area (Å²) >= 11 is 0. The molecule has 0 N–H and O–H groups in total. The highest BCUT2D eigenvalue weighted by Crippen LogP contribution is 2.34. The molecule has 1 aliphatic heterocycles. The molecule has 7 nitrogen and oxygen atoms in total. The van der Waals surface area contributed by atoms with Crippen molar-refractivity contribution < 1.29 is 14.5 Å². The third-order valence-corrected chi connectivity index (χ3v) is 5.15. The second kappa shape index (κ2) is 8.19. The topological polar surface area (TPSA) is 96.5 Å². The summed E-state index contributed by atoms with van der Waals surface area (Å²) in [5, 5.41) is 20.4. The number of carbonyl (C=O) groups excluding carboxylic acids is 1. The SMILES string of the molecule is C[C@@]1(C#N)CCN(Cc2ccccc2)C[C@@H]1OC(=O)c1ccc([N+](=O)[O-])cc1. The van der Waals surface area contributed by atoms with E-state index in [-0.39, 0.29) is 11.3 Å². The number of esters is 1. The van der Waals surface area contributed by atoms with Crippen LogP contribution >= 0.6 is 0 Å². The van der Waals surface area contributed by atoms with Gasteiger partial charge in [-0.25, -0.2) is 4.79 Å². The fraction of sp³-hybridized carbons (Fsp3) is 0.333. The predicted molar refractivity (Wildman–Crippen MR) is 102 cm³/mol. The van der Waals surface area contributed by atoms with Crippen LogP contribution in [0.25, 0.3) is 0 Å². The van der Waals surface area contributed by atoms with Crippen molar-refractivity contribution in [1.29, 1.82) is 5.26 Å². The Morgan fingerprint density at radius 1 is 1.29 bits per heavy atom. The van der Waals surface area contributed by atoms with Crippen molar-refractivity contribution in [2.45, 2.75) is 26.0 Å². The molecule has 7 heteroatoms. The number of carbonyl (C=O) groups is 1. The standard InChI is InChI=1S/C21H21N3O4/c1-21(15-22)11-12-23(13-16-5-3-2-4-6-16)14-19(21)28-20(25)17-7-9-18(10-8-17)24(26)27/h2-10,19H,11-14H2,1H3/t19-,21-/m0/s1. The summed E-state index contributed by atoms with van der Waals surface area (Å²) in [6.07, 6.45) is 0.00630. The van der Waals surface area contributed by atoms with E-state index in [0.29, 0.717) is 19.5 Å². The number of hydrogen-bond donors (Lipinski definition) is 0. The average Bonchev–Trinajstić information content (AvgIpc) is 2.71. The first kappa shape index (κ1) is 19.5. The normalized spacial score (nSPS) is 22.2. The number of benzene rings is 2. The zero-order chi connectivity index (χ0) is 20.1. The molecule has 2 aromatic rings. The number of nitro groups is 1. The van der Waals surface area contributed by atoms with Crippen molar-refractivity contribution in [3.05, 3.63) is 75.8 Å². The number of nitro benzene ring substituents is 1. The zero-order valence-electron chi connectivity index (χ0n) is 15.6. The van der Waals surface area contributed by atoms with Crippen molar-refractivity contribution >= 4 is 11.7 Å². The van der Waals surface area contributed by atoms with E-state index in [2.05, 4.69) is 11.0 Å². The lowest BCUT2D eigenvalue weighted by molar-refractivity contribution is -0.384. The van der Waals surface area contributed by atoms with Crippen LogP contribution in [0.2, 0.25) is 0 Å². The maximum Gasteiger partial charge on any atom is 0.338 e. The van der Waals surface area contributed by atoms with Gasteiger partial charge in [0.25, 0.3) is 5.69 Å². The maximum atomic E-state index is 12.5. The highest BCUT2D eigenvalue weighted by molar-refractivity contribution is 5.89. The molecule has 1 heterocycles. The summed E-state index contributed by atoms with van der Waals surface area (Å²) in [6, 6.07) is 17.6. The summed E-state index contributed by atoms with van der Waals surface area (Å²) in [6.45, 7) is 3.72. The summed E-state index contributed by atoms with van der Waals surface area (Å²) in [5.41, 5.74) is 0.517. The van der Waals surface area contributed by atoms with Gasteiger partial charge in [0.2, 0.25) is 0 Å². The van der Waals surface area contributed by atoms with E-state index in [1.165, 1.54) is 24.3 Å². The minimum Gasteiger partial charge on any atom is -0.456 e. The zero-order valence-corrected chi connectivity index (χ0v) is 15.6. The lowest BCUT2D eigenvalue weighted by Gasteiger charge is -2.41. The predicted octanol–water partition coefficient (Wildman–Crippen LogP) is 3.56. The molecule has 28 heavy (non-hydrogen) atoms. The van der Waals surface area contributed by atoms with Gasteiger partial charge in [-0.2, -0.15) is 5.26 Å². The first-order valence-corrected chi connectivity index (χ1v) is 9.04. The molecule has 144 valence electrons. The molecule has 1 fully saturated rings. The molecule has 2 atom stereocenters. The van der Waals surface area contributed by atoms with Crippen LogP contribution in [0.4, 0.5) is 5.69 Å². The second-order valence-corrected chi connectivity index (χ2v) is 7.20. The fourth-order valence-corrected chi connectivity index (χ4v) is 3.28. The van der Waals surface area contributed by atoms with E-state index in [1.807, 2.05) is 30.3 Å². The molecule has 3 rings (SSSR count). The second-order valence-electron chi connectivity index (χ2n) is 7.20. The lowest BCUT2D eigenvalue weighted by Crippen LogP contribution is -2.50. The minimum absolute atomic E-state index is 0.0925. The van der Waals surface area contributed by atoms with E-state index < -0.39 is 22.4 Å². The molecular formula is C21H21N3O4. The number of rotatable bonds is 5. The molecule has 0 saturated carbocycles. The van der Waals surface area contributed by atoms with Gasteiger partial charge in [-0.15, -0.1) is 0 Å². The Kier molecular flexibility index (Phi) is 5.71. The Hall–Kier alpha value is -3.24. The molecule has 0 amide bonds. The fourth-order valence-electron chi connectivity index (χ4n) is 3.28. The third kappa shape index (κ3) is 4.35. The Balaban J connectivity index is 1.71. The van der Waals surface area contributed by atoms with Crippen LogP contribution in [-0.4, -0.2) is 35.0 Å². The van der Waals surface area contributed by atoms with Crippen molar-refractivity contribution in [2.75, 3.05) is 13.1 Å². The Bertz CT molecular complexity index is 892. The number of piperidine rings is 1. The lowest BCUT2D eigenvalue weighted by atomic mass is 9.79. The van der Waals surface area contributed by atoms with Gasteiger partial charge < -0.3 is 4.74 Å². The van der Waals surface area contributed by atoms with Crippen molar-refractivity contribution in [1.82, 2.24) is 4.90 Å². The van der Waals surface area contributed by atoms with E-state index >= 15 is 0 Å².